The highest BCUT2D eigenvalue weighted by atomic mass is 35.5. The van der Waals surface area contributed by atoms with Crippen molar-refractivity contribution in [1.82, 2.24) is 9.97 Å². The summed E-state index contributed by atoms with van der Waals surface area (Å²) >= 11 is 7.57. The summed E-state index contributed by atoms with van der Waals surface area (Å²) in [5.41, 5.74) is 1.88. The molecule has 0 bridgehead atoms. The number of hydrogen-bond acceptors (Lipinski definition) is 4. The highest BCUT2D eigenvalue weighted by molar-refractivity contribution is 7.98. The predicted molar refractivity (Wildman–Crippen MR) is 78.8 cm³/mol. The summed E-state index contributed by atoms with van der Waals surface area (Å²) < 4.78 is 0. The van der Waals surface area contributed by atoms with E-state index in [0.29, 0.717) is 10.9 Å². The first kappa shape index (κ1) is 14.2. The van der Waals surface area contributed by atoms with Gasteiger partial charge in [0.25, 0.3) is 0 Å². The van der Waals surface area contributed by atoms with Crippen LogP contribution in [0, 0.1) is 0 Å². The van der Waals surface area contributed by atoms with Gasteiger partial charge in [0.2, 0.25) is 5.88 Å². The van der Waals surface area contributed by atoms with Gasteiger partial charge in [0.15, 0.2) is 5.16 Å². The van der Waals surface area contributed by atoms with Crippen LogP contribution in [0.3, 0.4) is 0 Å². The summed E-state index contributed by atoms with van der Waals surface area (Å²) in [6, 6.07) is 9.29. The molecule has 0 aliphatic carbocycles. The minimum Gasteiger partial charge on any atom is -0.493 e. The van der Waals surface area contributed by atoms with Gasteiger partial charge < -0.3 is 5.11 Å². The summed E-state index contributed by atoms with van der Waals surface area (Å²) in [6.07, 6.45) is 0. The Morgan fingerprint density at radius 2 is 2.00 bits per heavy atom. The first-order valence-electron chi connectivity index (χ1n) is 6.00. The van der Waals surface area contributed by atoms with Gasteiger partial charge in [-0.3, -0.25) is 0 Å². The molecule has 2 rings (SSSR count). The Hall–Kier alpha value is -1.26. The molecule has 1 heterocycles. The fourth-order valence-electron chi connectivity index (χ4n) is 1.55. The molecule has 1 N–H and O–H groups in total. The van der Waals surface area contributed by atoms with Gasteiger partial charge in [0.05, 0.1) is 5.69 Å². The molecule has 1 aromatic carbocycles. The number of rotatable bonds is 4. The minimum atomic E-state index is 0.0142. The van der Waals surface area contributed by atoms with Gasteiger partial charge in [-0.25, -0.2) is 4.98 Å². The zero-order chi connectivity index (χ0) is 13.8. The Morgan fingerprint density at radius 3 is 2.68 bits per heavy atom. The van der Waals surface area contributed by atoms with E-state index in [1.165, 1.54) is 11.8 Å². The largest absolute Gasteiger partial charge is 0.493 e. The molecule has 100 valence electrons. The molecule has 0 amide bonds. The first-order valence-corrected chi connectivity index (χ1v) is 7.37. The Balaban J connectivity index is 2.14. The molecule has 0 saturated heterocycles. The zero-order valence-corrected chi connectivity index (χ0v) is 12.4. The predicted octanol–water partition coefficient (Wildman–Crippen LogP) is 4.25. The average molecular weight is 295 g/mol. The molecule has 2 aromatic rings. The van der Waals surface area contributed by atoms with Gasteiger partial charge in [-0.1, -0.05) is 55.4 Å². The summed E-state index contributed by atoms with van der Waals surface area (Å²) in [6.45, 7) is 4.06. The van der Waals surface area contributed by atoms with Crippen molar-refractivity contribution in [1.29, 1.82) is 0 Å². The fourth-order valence-corrected chi connectivity index (χ4v) is 2.69. The molecule has 0 aliphatic heterocycles. The monoisotopic (exact) mass is 294 g/mol. The van der Waals surface area contributed by atoms with Crippen LogP contribution in [0.4, 0.5) is 0 Å². The van der Waals surface area contributed by atoms with E-state index in [9.17, 15) is 5.11 Å². The summed E-state index contributed by atoms with van der Waals surface area (Å²) in [4.78, 5) is 8.45. The van der Waals surface area contributed by atoms with Crippen LogP contribution < -0.4 is 0 Å². The molecule has 0 fully saturated rings. The Kier molecular flexibility index (Phi) is 4.66. The Morgan fingerprint density at radius 1 is 1.26 bits per heavy atom. The number of aromatic hydroxyl groups is 1. The third-order valence-corrected chi connectivity index (χ3v) is 3.88. The average Bonchev–Trinajstić information content (AvgIpc) is 2.37. The second-order valence-electron chi connectivity index (χ2n) is 4.47. The molecule has 1 aromatic heterocycles. The van der Waals surface area contributed by atoms with E-state index in [0.717, 1.165) is 16.3 Å². The van der Waals surface area contributed by atoms with Crippen LogP contribution in [-0.4, -0.2) is 15.1 Å². The highest BCUT2D eigenvalue weighted by Gasteiger charge is 2.08. The number of benzene rings is 1. The van der Waals surface area contributed by atoms with Crippen molar-refractivity contribution in [3.63, 3.8) is 0 Å². The molecule has 0 aliphatic rings. The van der Waals surface area contributed by atoms with E-state index in [1.807, 2.05) is 38.1 Å². The highest BCUT2D eigenvalue weighted by Crippen LogP contribution is 2.26. The lowest BCUT2D eigenvalue weighted by atomic mass is 10.1. The van der Waals surface area contributed by atoms with Crippen LogP contribution in [0.2, 0.25) is 5.02 Å². The Labute approximate surface area is 122 Å². The van der Waals surface area contributed by atoms with Gasteiger partial charge >= 0.3 is 0 Å². The quantitative estimate of drug-likeness (QED) is 0.676. The van der Waals surface area contributed by atoms with Crippen molar-refractivity contribution in [3.05, 3.63) is 46.6 Å². The molecule has 19 heavy (non-hydrogen) atoms. The van der Waals surface area contributed by atoms with E-state index in [2.05, 4.69) is 9.97 Å². The van der Waals surface area contributed by atoms with Crippen molar-refractivity contribution in [2.45, 2.75) is 30.7 Å². The third kappa shape index (κ3) is 3.85. The van der Waals surface area contributed by atoms with Crippen molar-refractivity contribution in [2.24, 2.45) is 0 Å². The normalized spacial score (nSPS) is 10.9. The summed E-state index contributed by atoms with van der Waals surface area (Å²) in [5.74, 6) is 0.953. The second kappa shape index (κ2) is 6.26. The van der Waals surface area contributed by atoms with Gasteiger partial charge in [-0.2, -0.15) is 4.98 Å². The van der Waals surface area contributed by atoms with Crippen molar-refractivity contribution >= 4 is 23.4 Å². The van der Waals surface area contributed by atoms with Gasteiger partial charge in [-0.15, -0.1) is 0 Å². The maximum absolute atomic E-state index is 9.60. The molecule has 3 nitrogen and oxygen atoms in total. The lowest BCUT2D eigenvalue weighted by molar-refractivity contribution is 0.442. The van der Waals surface area contributed by atoms with Crippen molar-refractivity contribution in [2.75, 3.05) is 0 Å². The number of nitrogens with zero attached hydrogens (tertiary/aromatic N) is 2. The van der Waals surface area contributed by atoms with Gasteiger partial charge in [0.1, 0.15) is 0 Å². The maximum atomic E-state index is 9.60. The van der Waals surface area contributed by atoms with Crippen molar-refractivity contribution < 1.29 is 5.11 Å². The van der Waals surface area contributed by atoms with E-state index in [4.69, 9.17) is 11.6 Å². The molecular weight excluding hydrogens is 280 g/mol. The van der Waals surface area contributed by atoms with E-state index >= 15 is 0 Å². The molecular formula is C14H15ClN2OS. The van der Waals surface area contributed by atoms with Gasteiger partial charge in [0, 0.05) is 16.8 Å². The van der Waals surface area contributed by atoms with Crippen LogP contribution in [0.15, 0.2) is 35.5 Å². The summed E-state index contributed by atoms with van der Waals surface area (Å²) in [5, 5.41) is 10.9. The molecule has 5 heteroatoms. The Bertz CT molecular complexity index is 575. The molecule has 0 radical (unpaired) electrons. The fraction of sp³-hybridized carbons (Fsp3) is 0.286. The van der Waals surface area contributed by atoms with E-state index < -0.39 is 0 Å². The number of hydrogen-bond donors (Lipinski definition) is 1. The summed E-state index contributed by atoms with van der Waals surface area (Å²) in [7, 11) is 0. The first-order chi connectivity index (χ1) is 9.06. The van der Waals surface area contributed by atoms with Crippen LogP contribution in [0.25, 0.3) is 0 Å². The van der Waals surface area contributed by atoms with Crippen molar-refractivity contribution in [3.8, 4) is 5.88 Å². The van der Waals surface area contributed by atoms with Crippen LogP contribution in [-0.2, 0) is 5.75 Å². The maximum Gasteiger partial charge on any atom is 0.215 e. The van der Waals surface area contributed by atoms with Crippen LogP contribution >= 0.6 is 23.4 Å². The number of halogens is 1. The lowest BCUT2D eigenvalue weighted by Gasteiger charge is -2.07. The lowest BCUT2D eigenvalue weighted by Crippen LogP contribution is -1.97. The third-order valence-electron chi connectivity index (χ3n) is 2.62. The topological polar surface area (TPSA) is 46.0 Å². The number of aromatic nitrogens is 2. The smallest absolute Gasteiger partial charge is 0.215 e. The van der Waals surface area contributed by atoms with Crippen LogP contribution in [0.5, 0.6) is 5.88 Å². The van der Waals surface area contributed by atoms with E-state index in [1.54, 1.807) is 6.07 Å². The molecule has 0 unspecified atom stereocenters. The minimum absolute atomic E-state index is 0.0142. The van der Waals surface area contributed by atoms with E-state index in [-0.39, 0.29) is 11.8 Å². The second-order valence-corrected chi connectivity index (χ2v) is 5.82. The van der Waals surface area contributed by atoms with Gasteiger partial charge in [-0.05, 0) is 17.5 Å². The number of thioether (sulfide) groups is 1. The SMILES string of the molecule is CC(C)c1cc(O)nc(SCc2ccccc2Cl)n1. The molecule has 0 spiro atoms. The molecule has 0 atom stereocenters. The zero-order valence-electron chi connectivity index (χ0n) is 10.8. The molecule has 0 saturated carbocycles. The standard InChI is InChI=1S/C14H15ClN2OS/c1-9(2)12-7-13(18)17-14(16-12)19-8-10-5-3-4-6-11(10)15/h3-7,9H,8H2,1-2H3,(H,16,17,18). The van der Waals surface area contributed by atoms with Crippen LogP contribution in [0.1, 0.15) is 31.0 Å².